The minimum atomic E-state index is -1.28. The molecule has 0 heterocycles. The van der Waals surface area contributed by atoms with E-state index in [4.69, 9.17) is 11.6 Å². The van der Waals surface area contributed by atoms with Gasteiger partial charge in [-0.05, 0) is 24.6 Å². The van der Waals surface area contributed by atoms with Crippen molar-refractivity contribution in [3.05, 3.63) is 34.3 Å². The lowest BCUT2D eigenvalue weighted by atomic mass is 10.1. The van der Waals surface area contributed by atoms with Crippen molar-refractivity contribution in [2.45, 2.75) is 26.6 Å². The normalized spacial score (nSPS) is 10.6. The zero-order valence-electron chi connectivity index (χ0n) is 9.11. The minimum absolute atomic E-state index is 0.798. The first kappa shape index (κ1) is 11.4. The van der Waals surface area contributed by atoms with Gasteiger partial charge in [0.15, 0.2) is 0 Å². The van der Waals surface area contributed by atoms with Crippen LogP contribution in [-0.4, -0.2) is 8.07 Å². The average molecular weight is 223 g/mol. The Balaban J connectivity index is 3.08. The largest absolute Gasteiger partial charge is 0.129 e. The fourth-order valence-electron chi connectivity index (χ4n) is 0.998. The van der Waals surface area contributed by atoms with Crippen LogP contribution < -0.4 is 0 Å². The second-order valence-corrected chi connectivity index (χ2v) is 9.57. The number of hydrogen-bond acceptors (Lipinski definition) is 0. The van der Waals surface area contributed by atoms with E-state index >= 15 is 0 Å². The van der Waals surface area contributed by atoms with Gasteiger partial charge in [-0.2, -0.15) is 0 Å². The summed E-state index contributed by atoms with van der Waals surface area (Å²) < 4.78 is 0. The van der Waals surface area contributed by atoms with E-state index in [1.54, 1.807) is 0 Å². The molecule has 0 amide bonds. The first-order valence-corrected chi connectivity index (χ1v) is 8.56. The Morgan fingerprint density at radius 2 is 1.86 bits per heavy atom. The smallest absolute Gasteiger partial charge is 0.127 e. The molecule has 74 valence electrons. The summed E-state index contributed by atoms with van der Waals surface area (Å²) in [5.74, 6) is 3.22. The van der Waals surface area contributed by atoms with Crippen molar-refractivity contribution in [3.8, 4) is 11.5 Å². The van der Waals surface area contributed by atoms with Crippen LogP contribution in [0.1, 0.15) is 11.1 Å². The van der Waals surface area contributed by atoms with Crippen LogP contribution in [0.25, 0.3) is 0 Å². The molecule has 0 aliphatic carbocycles. The summed E-state index contributed by atoms with van der Waals surface area (Å²) in [6.07, 6.45) is 0. The summed E-state index contributed by atoms with van der Waals surface area (Å²) in [5, 5.41) is 0.798. The topological polar surface area (TPSA) is 0 Å². The highest BCUT2D eigenvalue weighted by atomic mass is 35.5. The standard InChI is InChI=1S/C12H15ClSi/c1-10-11(6-5-7-12(10)13)8-9-14(2,3)4/h5-7H,1-4H3. The molecule has 0 unspecified atom stereocenters. The lowest BCUT2D eigenvalue weighted by Crippen LogP contribution is -2.16. The third kappa shape index (κ3) is 3.21. The van der Waals surface area contributed by atoms with Gasteiger partial charge in [-0.15, -0.1) is 5.54 Å². The van der Waals surface area contributed by atoms with E-state index in [0.717, 1.165) is 16.1 Å². The summed E-state index contributed by atoms with van der Waals surface area (Å²) in [5.41, 5.74) is 5.48. The van der Waals surface area contributed by atoms with Gasteiger partial charge in [0.2, 0.25) is 0 Å². The first-order chi connectivity index (χ1) is 6.40. The Hall–Kier alpha value is -0.713. The van der Waals surface area contributed by atoms with Gasteiger partial charge in [0.25, 0.3) is 0 Å². The van der Waals surface area contributed by atoms with Gasteiger partial charge >= 0.3 is 0 Å². The number of halogens is 1. The van der Waals surface area contributed by atoms with Gasteiger partial charge in [0.1, 0.15) is 8.07 Å². The average Bonchev–Trinajstić information content (AvgIpc) is 2.06. The van der Waals surface area contributed by atoms with E-state index < -0.39 is 8.07 Å². The molecule has 0 radical (unpaired) electrons. The highest BCUT2D eigenvalue weighted by molar-refractivity contribution is 6.83. The van der Waals surface area contributed by atoms with Gasteiger partial charge in [-0.25, -0.2) is 0 Å². The van der Waals surface area contributed by atoms with E-state index in [2.05, 4.69) is 31.1 Å². The highest BCUT2D eigenvalue weighted by Crippen LogP contribution is 2.17. The Kier molecular flexibility index (Phi) is 3.42. The van der Waals surface area contributed by atoms with Crippen molar-refractivity contribution >= 4 is 19.7 Å². The molecule has 1 aromatic rings. The maximum Gasteiger partial charge on any atom is 0.129 e. The van der Waals surface area contributed by atoms with E-state index in [1.165, 1.54) is 0 Å². The molecule has 0 nitrogen and oxygen atoms in total. The van der Waals surface area contributed by atoms with Crippen molar-refractivity contribution in [1.82, 2.24) is 0 Å². The summed E-state index contributed by atoms with van der Waals surface area (Å²) in [4.78, 5) is 0. The maximum absolute atomic E-state index is 6.01. The molecule has 0 atom stereocenters. The molecule has 14 heavy (non-hydrogen) atoms. The van der Waals surface area contributed by atoms with Gasteiger partial charge in [0, 0.05) is 10.6 Å². The van der Waals surface area contributed by atoms with Crippen LogP contribution in [-0.2, 0) is 0 Å². The zero-order valence-corrected chi connectivity index (χ0v) is 10.9. The molecule has 0 fully saturated rings. The number of benzene rings is 1. The zero-order chi connectivity index (χ0) is 10.8. The molecule has 2 heteroatoms. The van der Waals surface area contributed by atoms with Crippen LogP contribution in [0, 0.1) is 18.4 Å². The lowest BCUT2D eigenvalue weighted by Gasteiger charge is -2.04. The molecule has 0 N–H and O–H groups in total. The van der Waals surface area contributed by atoms with Gasteiger partial charge in [0.05, 0.1) is 0 Å². The van der Waals surface area contributed by atoms with Crippen molar-refractivity contribution in [2.24, 2.45) is 0 Å². The second kappa shape index (κ2) is 4.21. The predicted octanol–water partition coefficient (Wildman–Crippen LogP) is 3.88. The van der Waals surface area contributed by atoms with Crippen LogP contribution in [0.5, 0.6) is 0 Å². The van der Waals surface area contributed by atoms with Crippen LogP contribution in [0.3, 0.4) is 0 Å². The first-order valence-electron chi connectivity index (χ1n) is 4.68. The Labute approximate surface area is 92.3 Å². The molecule has 0 saturated carbocycles. The molecule has 0 bridgehead atoms. The fourth-order valence-corrected chi connectivity index (χ4v) is 1.68. The third-order valence-electron chi connectivity index (χ3n) is 1.84. The monoisotopic (exact) mass is 222 g/mol. The maximum atomic E-state index is 6.01. The Morgan fingerprint density at radius 1 is 1.21 bits per heavy atom. The third-order valence-corrected chi connectivity index (χ3v) is 3.12. The summed E-state index contributed by atoms with van der Waals surface area (Å²) in [6, 6.07) is 5.87. The molecule has 0 aliphatic heterocycles. The Bertz CT molecular complexity index is 391. The van der Waals surface area contributed by atoms with Crippen molar-refractivity contribution in [1.29, 1.82) is 0 Å². The number of rotatable bonds is 0. The van der Waals surface area contributed by atoms with E-state index in [0.29, 0.717) is 0 Å². The van der Waals surface area contributed by atoms with E-state index in [1.807, 2.05) is 25.1 Å². The van der Waals surface area contributed by atoms with Crippen molar-refractivity contribution in [3.63, 3.8) is 0 Å². The molecule has 1 aromatic carbocycles. The van der Waals surface area contributed by atoms with E-state index in [9.17, 15) is 0 Å². The van der Waals surface area contributed by atoms with Crippen LogP contribution in [0.2, 0.25) is 24.7 Å². The van der Waals surface area contributed by atoms with Gasteiger partial charge < -0.3 is 0 Å². The van der Waals surface area contributed by atoms with Crippen molar-refractivity contribution < 1.29 is 0 Å². The highest BCUT2D eigenvalue weighted by Gasteiger charge is 2.08. The summed E-state index contributed by atoms with van der Waals surface area (Å²) in [7, 11) is -1.28. The molecule has 0 aromatic heterocycles. The fraction of sp³-hybridized carbons (Fsp3) is 0.333. The molecular formula is C12H15ClSi. The lowest BCUT2D eigenvalue weighted by molar-refractivity contribution is 1.44. The van der Waals surface area contributed by atoms with Crippen LogP contribution in [0.4, 0.5) is 0 Å². The summed E-state index contributed by atoms with van der Waals surface area (Å²) in [6.45, 7) is 8.72. The van der Waals surface area contributed by atoms with Crippen LogP contribution in [0.15, 0.2) is 18.2 Å². The van der Waals surface area contributed by atoms with E-state index in [-0.39, 0.29) is 0 Å². The molecule has 0 aliphatic rings. The van der Waals surface area contributed by atoms with Gasteiger partial charge in [-0.3, -0.25) is 0 Å². The molecule has 0 spiro atoms. The summed E-state index contributed by atoms with van der Waals surface area (Å²) >= 11 is 6.01. The molecule has 0 saturated heterocycles. The van der Waals surface area contributed by atoms with Crippen molar-refractivity contribution in [2.75, 3.05) is 0 Å². The second-order valence-electron chi connectivity index (χ2n) is 4.41. The number of hydrogen-bond donors (Lipinski definition) is 0. The SMILES string of the molecule is Cc1c(Cl)cccc1C#C[Si](C)(C)C. The molecule has 1 rings (SSSR count). The Morgan fingerprint density at radius 3 is 2.43 bits per heavy atom. The van der Waals surface area contributed by atoms with Gasteiger partial charge in [-0.1, -0.05) is 43.2 Å². The molecular weight excluding hydrogens is 208 g/mol. The minimum Gasteiger partial charge on any atom is -0.127 e. The predicted molar refractivity (Wildman–Crippen MR) is 66.4 cm³/mol. The van der Waals surface area contributed by atoms with Crippen LogP contribution >= 0.6 is 11.6 Å². The quantitative estimate of drug-likeness (QED) is 0.462.